The van der Waals surface area contributed by atoms with E-state index in [2.05, 4.69) is 11.1 Å². The Morgan fingerprint density at radius 3 is 2.93 bits per heavy atom. The molecule has 1 aromatic carbocycles. The van der Waals surface area contributed by atoms with Crippen LogP contribution in [-0.2, 0) is 7.05 Å². The lowest BCUT2D eigenvalue weighted by molar-refractivity contribution is 0.477. The zero-order chi connectivity index (χ0) is 10.1. The largest absolute Gasteiger partial charge is 0.515 e. The third-order valence-electron chi connectivity index (χ3n) is 2.29. The fourth-order valence-electron chi connectivity index (χ4n) is 1.54. The Morgan fingerprint density at radius 2 is 2.21 bits per heavy atom. The summed E-state index contributed by atoms with van der Waals surface area (Å²) in [7, 11) is 1.93. The van der Waals surface area contributed by atoms with Crippen LogP contribution >= 0.6 is 0 Å². The van der Waals surface area contributed by atoms with E-state index in [0.29, 0.717) is 0 Å². The minimum absolute atomic E-state index is 0.758. The molecule has 0 saturated heterocycles. The molecule has 0 amide bonds. The van der Waals surface area contributed by atoms with Crippen LogP contribution in [0.15, 0.2) is 24.5 Å². The van der Waals surface area contributed by atoms with Crippen molar-refractivity contribution in [1.29, 1.82) is 0 Å². The first kappa shape index (κ1) is 8.81. The van der Waals surface area contributed by atoms with Crippen molar-refractivity contribution in [2.75, 3.05) is 0 Å². The number of hydrogen-bond donors (Lipinski definition) is 1. The summed E-state index contributed by atoms with van der Waals surface area (Å²) in [5.74, 6) is 0.758. The van der Waals surface area contributed by atoms with Crippen LogP contribution in [0, 0.1) is 6.92 Å². The normalized spacial score (nSPS) is 11.6. The van der Waals surface area contributed by atoms with Gasteiger partial charge in [0.1, 0.15) is 5.82 Å². The Balaban J connectivity index is 2.73. The van der Waals surface area contributed by atoms with E-state index in [4.69, 9.17) is 5.11 Å². The van der Waals surface area contributed by atoms with E-state index in [9.17, 15) is 0 Å². The second-order valence-corrected chi connectivity index (χ2v) is 3.34. The summed E-state index contributed by atoms with van der Waals surface area (Å²) in [6.45, 7) is 2.04. The van der Waals surface area contributed by atoms with Crippen molar-refractivity contribution in [3.05, 3.63) is 35.8 Å². The van der Waals surface area contributed by atoms with Crippen molar-refractivity contribution in [2.45, 2.75) is 6.92 Å². The van der Waals surface area contributed by atoms with Crippen molar-refractivity contribution in [3.63, 3.8) is 0 Å². The average molecular weight is 188 g/mol. The van der Waals surface area contributed by atoms with Crippen molar-refractivity contribution in [3.8, 4) is 0 Å². The molecule has 0 bridgehead atoms. The number of aliphatic hydroxyl groups excluding tert-OH is 1. The number of benzene rings is 1. The van der Waals surface area contributed by atoms with Gasteiger partial charge in [-0.3, -0.25) is 0 Å². The summed E-state index contributed by atoms with van der Waals surface area (Å²) >= 11 is 0. The molecule has 14 heavy (non-hydrogen) atoms. The van der Waals surface area contributed by atoms with Crippen LogP contribution in [0.3, 0.4) is 0 Å². The van der Waals surface area contributed by atoms with Crippen LogP contribution in [0.2, 0.25) is 0 Å². The fraction of sp³-hybridized carbons (Fsp3) is 0.182. The van der Waals surface area contributed by atoms with E-state index >= 15 is 0 Å². The Labute approximate surface area is 82.3 Å². The number of fused-ring (bicyclic) bond motifs is 1. The number of aromatic nitrogens is 2. The lowest BCUT2D eigenvalue weighted by Gasteiger charge is -1.96. The Kier molecular flexibility index (Phi) is 2.00. The van der Waals surface area contributed by atoms with Gasteiger partial charge in [0, 0.05) is 13.1 Å². The molecule has 1 N–H and O–H groups in total. The van der Waals surface area contributed by atoms with Crippen molar-refractivity contribution >= 4 is 17.1 Å². The summed E-state index contributed by atoms with van der Waals surface area (Å²) in [5, 5.41) is 8.69. The highest BCUT2D eigenvalue weighted by Crippen LogP contribution is 2.16. The van der Waals surface area contributed by atoms with Gasteiger partial charge in [0.05, 0.1) is 17.3 Å². The van der Waals surface area contributed by atoms with E-state index in [0.717, 1.165) is 23.1 Å². The molecular weight excluding hydrogens is 176 g/mol. The van der Waals surface area contributed by atoms with Crippen LogP contribution in [0.25, 0.3) is 17.1 Å². The lowest BCUT2D eigenvalue weighted by atomic mass is 10.2. The molecule has 1 aromatic heterocycles. The van der Waals surface area contributed by atoms with Crippen LogP contribution < -0.4 is 0 Å². The van der Waals surface area contributed by atoms with Gasteiger partial charge in [0.2, 0.25) is 0 Å². The van der Waals surface area contributed by atoms with Gasteiger partial charge in [-0.2, -0.15) is 0 Å². The van der Waals surface area contributed by atoms with Gasteiger partial charge >= 0.3 is 0 Å². The highest BCUT2D eigenvalue weighted by molar-refractivity contribution is 5.78. The third kappa shape index (κ3) is 1.27. The summed E-state index contributed by atoms with van der Waals surface area (Å²) in [6.07, 6.45) is 2.59. The molecule has 1 heterocycles. The second-order valence-electron chi connectivity index (χ2n) is 3.34. The summed E-state index contributed by atoms with van der Waals surface area (Å²) < 4.78 is 1.95. The predicted molar refractivity (Wildman–Crippen MR) is 57.1 cm³/mol. The van der Waals surface area contributed by atoms with Crippen molar-refractivity contribution in [1.82, 2.24) is 9.55 Å². The van der Waals surface area contributed by atoms with Gasteiger partial charge in [0.15, 0.2) is 0 Å². The zero-order valence-electron chi connectivity index (χ0n) is 8.23. The number of imidazole rings is 1. The zero-order valence-corrected chi connectivity index (χ0v) is 8.23. The number of rotatable bonds is 1. The molecule has 2 aromatic rings. The molecule has 0 aliphatic rings. The molecular formula is C11H12N2O. The van der Waals surface area contributed by atoms with Gasteiger partial charge in [-0.15, -0.1) is 0 Å². The van der Waals surface area contributed by atoms with Gasteiger partial charge in [0.25, 0.3) is 0 Å². The number of nitrogens with zero attached hydrogens (tertiary/aromatic N) is 2. The van der Waals surface area contributed by atoms with Gasteiger partial charge in [-0.05, 0) is 24.6 Å². The maximum absolute atomic E-state index is 8.69. The van der Waals surface area contributed by atoms with E-state index < -0.39 is 0 Å². The number of hydrogen-bond acceptors (Lipinski definition) is 2. The molecule has 0 atom stereocenters. The molecule has 3 nitrogen and oxygen atoms in total. The molecule has 0 aliphatic carbocycles. The highest BCUT2D eigenvalue weighted by Gasteiger charge is 2.04. The Morgan fingerprint density at radius 1 is 1.43 bits per heavy atom. The summed E-state index contributed by atoms with van der Waals surface area (Å²) in [6, 6.07) is 6.12. The van der Waals surface area contributed by atoms with Crippen LogP contribution in [-0.4, -0.2) is 14.7 Å². The Bertz CT molecular complexity index is 497. The maximum Gasteiger partial charge on any atom is 0.136 e. The van der Waals surface area contributed by atoms with E-state index in [1.165, 1.54) is 5.56 Å². The van der Waals surface area contributed by atoms with Gasteiger partial charge < -0.3 is 9.67 Å². The molecule has 72 valence electrons. The van der Waals surface area contributed by atoms with Crippen LogP contribution in [0.4, 0.5) is 0 Å². The van der Waals surface area contributed by atoms with Crippen molar-refractivity contribution in [2.24, 2.45) is 7.05 Å². The third-order valence-corrected chi connectivity index (χ3v) is 2.29. The summed E-state index contributed by atoms with van der Waals surface area (Å²) in [5.41, 5.74) is 3.22. The topological polar surface area (TPSA) is 38.1 Å². The Hall–Kier alpha value is -1.77. The van der Waals surface area contributed by atoms with E-state index in [1.54, 1.807) is 6.08 Å². The lowest BCUT2D eigenvalue weighted by Crippen LogP contribution is -1.90. The molecule has 0 spiro atoms. The van der Waals surface area contributed by atoms with Gasteiger partial charge in [-0.1, -0.05) is 6.07 Å². The molecule has 0 unspecified atom stereocenters. The minimum atomic E-state index is 0.758. The molecule has 2 rings (SSSR count). The molecule has 0 radical (unpaired) electrons. The number of aliphatic hydroxyl groups is 1. The quantitative estimate of drug-likeness (QED) is 0.698. The van der Waals surface area contributed by atoms with Crippen molar-refractivity contribution < 1.29 is 5.11 Å². The fourth-order valence-corrected chi connectivity index (χ4v) is 1.54. The first-order valence-corrected chi connectivity index (χ1v) is 4.46. The maximum atomic E-state index is 8.69. The first-order valence-electron chi connectivity index (χ1n) is 4.46. The smallest absolute Gasteiger partial charge is 0.136 e. The molecule has 3 heteroatoms. The van der Waals surface area contributed by atoms with E-state index in [1.807, 2.05) is 30.7 Å². The average Bonchev–Trinajstić information content (AvgIpc) is 2.44. The minimum Gasteiger partial charge on any atom is -0.515 e. The first-order chi connectivity index (χ1) is 6.72. The number of aryl methyl sites for hydroxylation is 2. The standard InChI is InChI=1S/C11H12N2O/c1-8-3-4-10-9(7-8)12-11(5-6-14)13(10)2/h3-7,14H,1-2H3/b6-5-. The van der Waals surface area contributed by atoms with E-state index in [-0.39, 0.29) is 0 Å². The highest BCUT2D eigenvalue weighted by atomic mass is 16.2. The second kappa shape index (κ2) is 3.18. The summed E-state index contributed by atoms with van der Waals surface area (Å²) in [4.78, 5) is 4.38. The molecule has 0 fully saturated rings. The SMILES string of the molecule is Cc1ccc2c(c1)nc(/C=C\O)n2C. The predicted octanol–water partition coefficient (Wildman–Crippen LogP) is 2.41. The molecule has 0 aliphatic heterocycles. The van der Waals surface area contributed by atoms with Crippen LogP contribution in [0.5, 0.6) is 0 Å². The molecule has 0 saturated carbocycles. The monoisotopic (exact) mass is 188 g/mol. The van der Waals surface area contributed by atoms with Gasteiger partial charge in [-0.25, -0.2) is 4.98 Å². The van der Waals surface area contributed by atoms with Crippen LogP contribution in [0.1, 0.15) is 11.4 Å².